The monoisotopic (exact) mass is 291 g/mol. The third kappa shape index (κ3) is 2.30. The van der Waals surface area contributed by atoms with Crippen LogP contribution in [0.15, 0.2) is 24.3 Å². The zero-order chi connectivity index (χ0) is 14.3. The van der Waals surface area contributed by atoms with Gasteiger partial charge in [-0.1, -0.05) is 12.1 Å². The summed E-state index contributed by atoms with van der Waals surface area (Å²) in [5.41, 5.74) is 1.80. The van der Waals surface area contributed by atoms with Crippen LogP contribution >= 0.6 is 0 Å². The first-order chi connectivity index (χ1) is 9.58. The molecule has 2 fully saturated rings. The Labute approximate surface area is 122 Å². The number of hydrogen-bond acceptors (Lipinski definition) is 3. The number of para-hydroxylation sites is 1. The average molecular weight is 291 g/mol. The summed E-state index contributed by atoms with van der Waals surface area (Å²) in [6.45, 7) is 0. The molecule has 3 rings (SSSR count). The number of hydrogen-bond donors (Lipinski definition) is 0. The van der Waals surface area contributed by atoms with Crippen LogP contribution in [0.25, 0.3) is 0 Å². The number of Topliss-reactive ketones (excluding diaryl/α,β-unsaturated/α-hetero) is 1. The summed E-state index contributed by atoms with van der Waals surface area (Å²) in [7, 11) is 3.24. The summed E-state index contributed by atoms with van der Waals surface area (Å²) in [5.74, 6) is 0.300. The average Bonchev–Trinajstić information content (AvgIpc) is 2.68. The van der Waals surface area contributed by atoms with Gasteiger partial charge < -0.3 is 4.90 Å². The van der Waals surface area contributed by atoms with Gasteiger partial charge in [-0.3, -0.25) is 9.00 Å². The zero-order valence-electron chi connectivity index (χ0n) is 12.0. The van der Waals surface area contributed by atoms with Crippen molar-refractivity contribution in [2.24, 2.45) is 5.92 Å². The van der Waals surface area contributed by atoms with Crippen molar-refractivity contribution in [2.75, 3.05) is 19.0 Å². The molecule has 4 heteroatoms. The summed E-state index contributed by atoms with van der Waals surface area (Å²) in [6, 6.07) is 7.80. The molecule has 0 amide bonds. The second-order valence-corrected chi connectivity index (χ2v) is 8.08. The summed E-state index contributed by atoms with van der Waals surface area (Å²) >= 11 is 0. The van der Waals surface area contributed by atoms with E-state index in [0.717, 1.165) is 36.9 Å². The number of benzene rings is 1. The van der Waals surface area contributed by atoms with Crippen LogP contribution in [0.5, 0.6) is 0 Å². The van der Waals surface area contributed by atoms with E-state index in [1.807, 2.05) is 43.3 Å². The number of carbonyl (C=O) groups is 1. The van der Waals surface area contributed by atoms with Crippen molar-refractivity contribution in [2.45, 2.75) is 36.2 Å². The Morgan fingerprint density at radius 1 is 1.15 bits per heavy atom. The van der Waals surface area contributed by atoms with E-state index in [4.69, 9.17) is 0 Å². The molecule has 2 bridgehead atoms. The normalized spacial score (nSPS) is 32.1. The molecule has 0 aliphatic carbocycles. The Morgan fingerprint density at radius 2 is 1.75 bits per heavy atom. The lowest BCUT2D eigenvalue weighted by molar-refractivity contribution is 0.0906. The maximum Gasteiger partial charge on any atom is 0.168 e. The molecule has 0 spiro atoms. The van der Waals surface area contributed by atoms with E-state index >= 15 is 0 Å². The highest BCUT2D eigenvalue weighted by Crippen LogP contribution is 2.40. The molecule has 20 heavy (non-hydrogen) atoms. The van der Waals surface area contributed by atoms with E-state index in [1.54, 1.807) is 0 Å². The molecular formula is C16H21NO2S. The minimum Gasteiger partial charge on any atom is -0.377 e. The molecule has 2 saturated heterocycles. The molecule has 1 aromatic rings. The van der Waals surface area contributed by atoms with E-state index in [1.165, 1.54) is 0 Å². The van der Waals surface area contributed by atoms with Crippen LogP contribution in [-0.4, -0.2) is 34.6 Å². The van der Waals surface area contributed by atoms with Crippen molar-refractivity contribution in [3.8, 4) is 0 Å². The van der Waals surface area contributed by atoms with Gasteiger partial charge in [-0.2, -0.15) is 0 Å². The molecule has 0 radical (unpaired) electrons. The molecule has 2 atom stereocenters. The highest BCUT2D eigenvalue weighted by Gasteiger charge is 2.43. The third-order valence-corrected chi connectivity index (χ3v) is 6.76. The Bertz CT molecular complexity index is 539. The minimum absolute atomic E-state index is 0.0614. The fourth-order valence-electron chi connectivity index (χ4n) is 3.54. The summed E-state index contributed by atoms with van der Waals surface area (Å²) in [5, 5.41) is 0.517. The van der Waals surface area contributed by atoms with Crippen molar-refractivity contribution >= 4 is 22.3 Å². The fourth-order valence-corrected chi connectivity index (χ4v) is 5.66. The van der Waals surface area contributed by atoms with Gasteiger partial charge in [0, 0.05) is 52.6 Å². The first-order valence-corrected chi connectivity index (χ1v) is 8.55. The van der Waals surface area contributed by atoms with E-state index in [2.05, 4.69) is 0 Å². The van der Waals surface area contributed by atoms with Gasteiger partial charge in [0.1, 0.15) is 0 Å². The molecule has 3 nitrogen and oxygen atoms in total. The van der Waals surface area contributed by atoms with Crippen molar-refractivity contribution < 1.29 is 9.00 Å². The molecule has 0 N–H and O–H groups in total. The number of nitrogens with zero attached hydrogens (tertiary/aromatic N) is 1. The quantitative estimate of drug-likeness (QED) is 0.803. The van der Waals surface area contributed by atoms with Crippen LogP contribution in [-0.2, 0) is 10.8 Å². The molecule has 108 valence electrons. The summed E-state index contributed by atoms with van der Waals surface area (Å²) < 4.78 is 12.1. The molecule has 2 unspecified atom stereocenters. The van der Waals surface area contributed by atoms with Crippen molar-refractivity contribution in [1.29, 1.82) is 0 Å². The first-order valence-electron chi connectivity index (χ1n) is 7.28. The topological polar surface area (TPSA) is 37.4 Å². The Balaban J connectivity index is 1.85. The lowest BCUT2D eigenvalue weighted by Gasteiger charge is -2.27. The highest BCUT2D eigenvalue weighted by atomic mass is 32.2. The lowest BCUT2D eigenvalue weighted by Crippen LogP contribution is -2.32. The van der Waals surface area contributed by atoms with Crippen molar-refractivity contribution in [3.05, 3.63) is 29.8 Å². The molecule has 2 aliphatic rings. The van der Waals surface area contributed by atoms with Gasteiger partial charge in [-0.15, -0.1) is 0 Å². The van der Waals surface area contributed by atoms with Crippen LogP contribution in [0, 0.1) is 5.92 Å². The van der Waals surface area contributed by atoms with Gasteiger partial charge >= 0.3 is 0 Å². The van der Waals surface area contributed by atoms with Gasteiger partial charge in [-0.05, 0) is 37.8 Å². The second-order valence-electron chi connectivity index (χ2n) is 6.09. The van der Waals surface area contributed by atoms with Gasteiger partial charge in [-0.25, -0.2) is 0 Å². The third-order valence-electron chi connectivity index (χ3n) is 4.58. The van der Waals surface area contributed by atoms with E-state index in [9.17, 15) is 9.00 Å². The second kappa shape index (κ2) is 5.32. The van der Waals surface area contributed by atoms with Crippen molar-refractivity contribution in [1.82, 2.24) is 0 Å². The molecule has 1 aromatic carbocycles. The van der Waals surface area contributed by atoms with Gasteiger partial charge in [0.15, 0.2) is 5.78 Å². The molecular weight excluding hydrogens is 270 g/mol. The lowest BCUT2D eigenvalue weighted by atomic mass is 9.89. The van der Waals surface area contributed by atoms with Gasteiger partial charge in [0.25, 0.3) is 0 Å². The Kier molecular flexibility index (Phi) is 3.67. The van der Waals surface area contributed by atoms with Gasteiger partial charge in [0.05, 0.1) is 0 Å². The van der Waals surface area contributed by atoms with Crippen molar-refractivity contribution in [3.63, 3.8) is 0 Å². The molecule has 2 aliphatic heterocycles. The molecule has 2 heterocycles. The number of carbonyl (C=O) groups excluding carboxylic acids is 1. The Hall–Kier alpha value is -1.16. The maximum atomic E-state index is 12.8. The van der Waals surface area contributed by atoms with Crippen LogP contribution in [0.3, 0.4) is 0 Å². The predicted molar refractivity (Wildman–Crippen MR) is 82.8 cm³/mol. The minimum atomic E-state index is -0.689. The van der Waals surface area contributed by atoms with Gasteiger partial charge in [0.2, 0.25) is 0 Å². The molecule has 0 aromatic heterocycles. The first kappa shape index (κ1) is 13.8. The zero-order valence-corrected chi connectivity index (χ0v) is 12.9. The molecule has 0 saturated carbocycles. The standard InChI is InChI=1S/C16H21NO2S/c1-17(2)15-6-4-3-5-14(15)16(18)11-9-12-7-8-13(10-11)20(12)19/h3-6,11-13H,7-10H2,1-2H3. The van der Waals surface area contributed by atoms with E-state index in [0.29, 0.717) is 0 Å². The van der Waals surface area contributed by atoms with Crippen LogP contribution in [0.4, 0.5) is 5.69 Å². The largest absolute Gasteiger partial charge is 0.377 e. The number of anilines is 1. The van der Waals surface area contributed by atoms with E-state index in [-0.39, 0.29) is 22.2 Å². The number of rotatable bonds is 3. The summed E-state index contributed by atoms with van der Waals surface area (Å²) in [4.78, 5) is 14.8. The van der Waals surface area contributed by atoms with Crippen LogP contribution < -0.4 is 4.90 Å². The van der Waals surface area contributed by atoms with Crippen LogP contribution in [0.1, 0.15) is 36.0 Å². The maximum absolute atomic E-state index is 12.8. The van der Waals surface area contributed by atoms with E-state index < -0.39 is 10.8 Å². The number of fused-ring (bicyclic) bond motifs is 2. The fraction of sp³-hybridized carbons (Fsp3) is 0.562. The Morgan fingerprint density at radius 3 is 2.35 bits per heavy atom. The summed E-state index contributed by atoms with van der Waals surface area (Å²) in [6.07, 6.45) is 3.69. The SMILES string of the molecule is CN(C)c1ccccc1C(=O)C1CC2CCC(C1)S2=O. The smallest absolute Gasteiger partial charge is 0.168 e. The highest BCUT2D eigenvalue weighted by molar-refractivity contribution is 7.86. The number of ketones is 1. The van der Waals surface area contributed by atoms with Crippen LogP contribution in [0.2, 0.25) is 0 Å². The predicted octanol–water partition coefficient (Wildman–Crippen LogP) is 2.63.